The van der Waals surface area contributed by atoms with E-state index in [2.05, 4.69) is 30.4 Å². The van der Waals surface area contributed by atoms with Crippen LogP contribution in [0, 0.1) is 0 Å². The monoisotopic (exact) mass is 285 g/mol. The largest absolute Gasteiger partial charge is 0.398 e. The van der Waals surface area contributed by atoms with Crippen LogP contribution >= 0.6 is 0 Å². The van der Waals surface area contributed by atoms with Crippen LogP contribution in [0.4, 0.5) is 11.4 Å². The molecular weight excluding hydrogens is 262 g/mol. The fraction of sp³-hybridized carbons (Fsp3) is 0.538. The summed E-state index contributed by atoms with van der Waals surface area (Å²) in [6.07, 6.45) is 0.972. The molecule has 1 rings (SSSR count). The van der Waals surface area contributed by atoms with Gasteiger partial charge in [-0.2, -0.15) is 0 Å². The second-order valence-electron chi connectivity index (χ2n) is 5.15. The number of sulfonamides is 1. The molecular formula is C13H23N3O2S. The van der Waals surface area contributed by atoms with Gasteiger partial charge in [-0.25, -0.2) is 13.1 Å². The lowest BCUT2D eigenvalue weighted by Gasteiger charge is -2.37. The number of anilines is 2. The molecule has 1 aromatic carbocycles. The van der Waals surface area contributed by atoms with Crippen LogP contribution in [0.15, 0.2) is 23.1 Å². The predicted molar refractivity (Wildman–Crippen MR) is 79.9 cm³/mol. The van der Waals surface area contributed by atoms with E-state index in [-0.39, 0.29) is 16.1 Å². The highest BCUT2D eigenvalue weighted by Crippen LogP contribution is 2.29. The van der Waals surface area contributed by atoms with E-state index >= 15 is 0 Å². The second-order valence-corrected chi connectivity index (χ2v) is 7.01. The van der Waals surface area contributed by atoms with Gasteiger partial charge in [0.1, 0.15) is 4.90 Å². The first-order valence-electron chi connectivity index (χ1n) is 6.22. The molecule has 3 N–H and O–H groups in total. The van der Waals surface area contributed by atoms with E-state index < -0.39 is 10.0 Å². The minimum absolute atomic E-state index is 0.0180. The molecule has 0 aromatic heterocycles. The topological polar surface area (TPSA) is 75.4 Å². The van der Waals surface area contributed by atoms with Gasteiger partial charge in [-0.15, -0.1) is 0 Å². The standard InChI is InChI=1S/C13H23N3O2S/c1-6-13(2,3)16(5)10-7-8-12(11(14)9-10)19(17,18)15-4/h7-9,15H,6,14H2,1-5H3. The van der Waals surface area contributed by atoms with Crippen LogP contribution in [0.25, 0.3) is 0 Å². The third kappa shape index (κ3) is 3.19. The van der Waals surface area contributed by atoms with Crippen LogP contribution in [0.2, 0.25) is 0 Å². The molecule has 0 heterocycles. The molecule has 19 heavy (non-hydrogen) atoms. The fourth-order valence-electron chi connectivity index (χ4n) is 1.69. The zero-order valence-corrected chi connectivity index (χ0v) is 13.0. The van der Waals surface area contributed by atoms with E-state index in [1.54, 1.807) is 18.2 Å². The van der Waals surface area contributed by atoms with E-state index in [4.69, 9.17) is 5.73 Å². The maximum Gasteiger partial charge on any atom is 0.242 e. The van der Waals surface area contributed by atoms with Crippen LogP contribution in [0.3, 0.4) is 0 Å². The number of rotatable bonds is 5. The van der Waals surface area contributed by atoms with E-state index in [1.807, 2.05) is 7.05 Å². The van der Waals surface area contributed by atoms with Crippen LogP contribution in [-0.2, 0) is 10.0 Å². The predicted octanol–water partition coefficient (Wildman–Crippen LogP) is 1.80. The number of nitrogens with zero attached hydrogens (tertiary/aromatic N) is 1. The molecule has 0 aliphatic heterocycles. The Morgan fingerprint density at radius 3 is 2.37 bits per heavy atom. The Bertz CT molecular complexity index is 553. The van der Waals surface area contributed by atoms with Crippen LogP contribution in [-0.4, -0.2) is 28.1 Å². The molecule has 0 radical (unpaired) electrons. The molecule has 0 saturated carbocycles. The molecule has 6 heteroatoms. The highest BCUT2D eigenvalue weighted by molar-refractivity contribution is 7.89. The van der Waals surface area contributed by atoms with Crippen molar-refractivity contribution >= 4 is 21.4 Å². The van der Waals surface area contributed by atoms with Crippen molar-refractivity contribution in [1.82, 2.24) is 4.72 Å². The molecule has 0 bridgehead atoms. The minimum atomic E-state index is -3.51. The van der Waals surface area contributed by atoms with Gasteiger partial charge in [0, 0.05) is 18.3 Å². The number of nitrogens with two attached hydrogens (primary N) is 1. The van der Waals surface area contributed by atoms with Crippen molar-refractivity contribution in [2.45, 2.75) is 37.6 Å². The highest BCUT2D eigenvalue weighted by Gasteiger charge is 2.23. The summed E-state index contributed by atoms with van der Waals surface area (Å²) in [5, 5.41) is 0. The maximum absolute atomic E-state index is 11.8. The first-order valence-corrected chi connectivity index (χ1v) is 7.71. The second kappa shape index (κ2) is 5.38. The van der Waals surface area contributed by atoms with Crippen LogP contribution < -0.4 is 15.4 Å². The van der Waals surface area contributed by atoms with Crippen LogP contribution in [0.5, 0.6) is 0 Å². The summed E-state index contributed by atoms with van der Waals surface area (Å²) in [6, 6.07) is 5.01. The van der Waals surface area contributed by atoms with Gasteiger partial charge < -0.3 is 10.6 Å². The Kier molecular flexibility index (Phi) is 4.47. The summed E-state index contributed by atoms with van der Waals surface area (Å²) >= 11 is 0. The Balaban J connectivity index is 3.22. The number of hydrogen-bond donors (Lipinski definition) is 2. The van der Waals surface area contributed by atoms with E-state index in [1.165, 1.54) is 7.05 Å². The van der Waals surface area contributed by atoms with Gasteiger partial charge in [-0.1, -0.05) is 6.92 Å². The molecule has 0 aliphatic rings. The van der Waals surface area contributed by atoms with Gasteiger partial charge in [0.15, 0.2) is 0 Å². The quantitative estimate of drug-likeness (QED) is 0.809. The summed E-state index contributed by atoms with van der Waals surface area (Å²) in [4.78, 5) is 2.21. The molecule has 108 valence electrons. The third-order valence-electron chi connectivity index (χ3n) is 3.71. The number of nitrogen functional groups attached to an aromatic ring is 1. The average Bonchev–Trinajstić information content (AvgIpc) is 2.37. The third-order valence-corrected chi connectivity index (χ3v) is 5.20. The summed E-state index contributed by atoms with van der Waals surface area (Å²) in [7, 11) is -0.159. The normalized spacial score (nSPS) is 12.5. The van der Waals surface area contributed by atoms with Crippen molar-refractivity contribution in [2.24, 2.45) is 0 Å². The van der Waals surface area contributed by atoms with Crippen LogP contribution in [0.1, 0.15) is 27.2 Å². The van der Waals surface area contributed by atoms with Gasteiger partial charge in [0.25, 0.3) is 0 Å². The molecule has 0 saturated heterocycles. The molecule has 0 unspecified atom stereocenters. The zero-order valence-electron chi connectivity index (χ0n) is 12.2. The van der Waals surface area contributed by atoms with E-state index in [0.717, 1.165) is 12.1 Å². The van der Waals surface area contributed by atoms with Gasteiger partial charge >= 0.3 is 0 Å². The smallest absolute Gasteiger partial charge is 0.242 e. The highest BCUT2D eigenvalue weighted by atomic mass is 32.2. The van der Waals surface area contributed by atoms with Gasteiger partial charge in [0.2, 0.25) is 10.0 Å². The Morgan fingerprint density at radius 1 is 1.37 bits per heavy atom. The van der Waals surface area contributed by atoms with Crippen molar-refractivity contribution < 1.29 is 8.42 Å². The van der Waals surface area contributed by atoms with Crippen molar-refractivity contribution in [3.05, 3.63) is 18.2 Å². The number of nitrogens with one attached hydrogen (secondary N) is 1. The van der Waals surface area contributed by atoms with E-state index in [0.29, 0.717) is 0 Å². The maximum atomic E-state index is 11.8. The van der Waals surface area contributed by atoms with Gasteiger partial charge in [-0.3, -0.25) is 0 Å². The summed E-state index contributed by atoms with van der Waals surface area (Å²) < 4.78 is 25.8. The molecule has 0 amide bonds. The lowest BCUT2D eigenvalue weighted by molar-refractivity contribution is 0.471. The van der Waals surface area contributed by atoms with Crippen molar-refractivity contribution in [3.8, 4) is 0 Å². The number of benzene rings is 1. The van der Waals surface area contributed by atoms with Crippen molar-refractivity contribution in [1.29, 1.82) is 0 Å². The SMILES string of the molecule is CCC(C)(C)N(C)c1ccc(S(=O)(=O)NC)c(N)c1. The first-order chi connectivity index (χ1) is 8.65. The fourth-order valence-corrected chi connectivity index (χ4v) is 2.52. The molecule has 0 aliphatic carbocycles. The van der Waals surface area contributed by atoms with Gasteiger partial charge in [0.05, 0.1) is 5.69 Å². The molecule has 0 spiro atoms. The molecule has 1 aromatic rings. The summed E-state index contributed by atoms with van der Waals surface area (Å²) in [5.41, 5.74) is 7.00. The lowest BCUT2D eigenvalue weighted by atomic mass is 9.99. The zero-order chi connectivity index (χ0) is 14.8. The lowest BCUT2D eigenvalue weighted by Crippen LogP contribution is -2.40. The summed E-state index contributed by atoms with van der Waals surface area (Å²) in [5.74, 6) is 0. The average molecular weight is 285 g/mol. The number of hydrogen-bond acceptors (Lipinski definition) is 4. The Hall–Kier alpha value is -1.27. The molecule has 0 atom stereocenters. The van der Waals surface area contributed by atoms with Crippen molar-refractivity contribution in [3.63, 3.8) is 0 Å². The summed E-state index contributed by atoms with van der Waals surface area (Å²) in [6.45, 7) is 6.36. The van der Waals surface area contributed by atoms with E-state index in [9.17, 15) is 8.42 Å². The molecule has 0 fully saturated rings. The Labute approximate surface area is 115 Å². The molecule has 5 nitrogen and oxygen atoms in total. The minimum Gasteiger partial charge on any atom is -0.398 e. The first kappa shape index (κ1) is 15.8. The van der Waals surface area contributed by atoms with Gasteiger partial charge in [-0.05, 0) is 45.5 Å². The Morgan fingerprint density at radius 2 is 1.95 bits per heavy atom. The van der Waals surface area contributed by atoms with Crippen molar-refractivity contribution in [2.75, 3.05) is 24.7 Å².